The second-order valence-electron chi connectivity index (χ2n) is 14.3. The van der Waals surface area contributed by atoms with Gasteiger partial charge in [0.15, 0.2) is 23.3 Å². The average Bonchev–Trinajstić information content (AvgIpc) is 4.07. The minimum Gasteiger partial charge on any atom is -0.486 e. The number of hydrogen-bond donors (Lipinski definition) is 3. The number of benzene rings is 3. The Kier molecular flexibility index (Phi) is 8.94. The molecule has 0 radical (unpaired) electrons. The van der Waals surface area contributed by atoms with Crippen molar-refractivity contribution in [3.8, 4) is 40.8 Å². The molecule has 2 aliphatic carbocycles. The lowest BCUT2D eigenvalue weighted by Gasteiger charge is -2.27. The van der Waals surface area contributed by atoms with Gasteiger partial charge in [-0.3, -0.25) is 15.2 Å². The molecule has 10 rings (SSSR count). The number of fused-ring (bicyclic) bond motifs is 4. The number of aromatic nitrogens is 7. The Morgan fingerprint density at radius 1 is 0.789 bits per heavy atom. The van der Waals surface area contributed by atoms with Crippen molar-refractivity contribution in [2.75, 3.05) is 5.32 Å². The number of nitrogens with zero attached hydrogens (tertiary/aromatic N) is 7. The van der Waals surface area contributed by atoms with Gasteiger partial charge < -0.3 is 18.9 Å². The van der Waals surface area contributed by atoms with E-state index < -0.39 is 5.82 Å². The van der Waals surface area contributed by atoms with Crippen molar-refractivity contribution < 1.29 is 18.0 Å². The van der Waals surface area contributed by atoms with E-state index >= 15 is 0 Å². The lowest BCUT2D eigenvalue weighted by molar-refractivity contribution is 0.207. The molecule has 2 aliphatic rings. The summed E-state index contributed by atoms with van der Waals surface area (Å²) in [6, 6.07) is 21.1. The highest BCUT2D eigenvalue weighted by atomic mass is 19.1. The molecule has 57 heavy (non-hydrogen) atoms. The zero-order valence-corrected chi connectivity index (χ0v) is 31.3. The van der Waals surface area contributed by atoms with E-state index in [-0.39, 0.29) is 17.7 Å². The first kappa shape index (κ1) is 35.4. The highest BCUT2D eigenvalue weighted by molar-refractivity contribution is 5.94. The summed E-state index contributed by atoms with van der Waals surface area (Å²) in [7, 11) is 0. The van der Waals surface area contributed by atoms with Gasteiger partial charge >= 0.3 is 0 Å². The minimum absolute atomic E-state index is 0.0752. The maximum Gasteiger partial charge on any atom is 0.191 e. The van der Waals surface area contributed by atoms with Gasteiger partial charge in [0.1, 0.15) is 41.2 Å². The van der Waals surface area contributed by atoms with Crippen LogP contribution in [0.1, 0.15) is 82.4 Å². The van der Waals surface area contributed by atoms with E-state index in [0.29, 0.717) is 40.3 Å². The average molecular weight is 759 g/mol. The largest absolute Gasteiger partial charge is 0.486 e. The molecule has 0 spiro atoms. The van der Waals surface area contributed by atoms with Gasteiger partial charge in [0, 0.05) is 30.3 Å². The molecular weight excluding hydrogens is 724 g/mol. The summed E-state index contributed by atoms with van der Waals surface area (Å²) in [5, 5.41) is 38.5. The predicted molar refractivity (Wildman–Crippen MR) is 208 cm³/mol. The lowest BCUT2D eigenvalue weighted by Crippen LogP contribution is -2.20. The molecule has 3 aromatic carbocycles. The normalized spacial score (nSPS) is 15.7. The quantitative estimate of drug-likeness (QED) is 0.146. The Balaban J connectivity index is 0.000000148. The van der Waals surface area contributed by atoms with Gasteiger partial charge in [0.05, 0.1) is 52.0 Å². The number of anilines is 1. The van der Waals surface area contributed by atoms with Crippen molar-refractivity contribution in [1.82, 2.24) is 35.3 Å². The maximum atomic E-state index is 14.1. The number of nitriles is 2. The molecule has 0 saturated carbocycles. The Morgan fingerprint density at radius 3 is 2.12 bits per heavy atom. The van der Waals surface area contributed by atoms with Crippen LogP contribution in [0.15, 0.2) is 75.8 Å². The Hall–Kier alpha value is -7.32. The minimum atomic E-state index is -0.509. The van der Waals surface area contributed by atoms with Gasteiger partial charge in [-0.2, -0.15) is 20.7 Å². The second kappa shape index (κ2) is 14.4. The van der Waals surface area contributed by atoms with Crippen molar-refractivity contribution >= 4 is 27.5 Å². The van der Waals surface area contributed by atoms with E-state index in [1.54, 1.807) is 25.4 Å². The highest BCUT2D eigenvalue weighted by Gasteiger charge is 2.27. The van der Waals surface area contributed by atoms with E-state index in [1.807, 2.05) is 56.3 Å². The third kappa shape index (κ3) is 6.72. The monoisotopic (exact) mass is 758 g/mol. The summed E-state index contributed by atoms with van der Waals surface area (Å²) in [6.45, 7) is 5.49. The summed E-state index contributed by atoms with van der Waals surface area (Å²) in [5.41, 5.74) is 9.71. The van der Waals surface area contributed by atoms with Crippen LogP contribution in [0.3, 0.4) is 0 Å². The van der Waals surface area contributed by atoms with Gasteiger partial charge in [-0.15, -0.1) is 0 Å². The maximum absolute atomic E-state index is 14.1. The van der Waals surface area contributed by atoms with E-state index in [2.05, 4.69) is 47.8 Å². The highest BCUT2D eigenvalue weighted by Crippen LogP contribution is 2.39. The number of nitrogens with one attached hydrogen (secondary N) is 3. The summed E-state index contributed by atoms with van der Waals surface area (Å²) < 4.78 is 31.5. The van der Waals surface area contributed by atoms with Crippen LogP contribution in [-0.2, 0) is 12.8 Å². The Labute approximate surface area is 325 Å². The molecule has 2 atom stereocenters. The fraction of sp³-hybridized carbons (Fsp3) is 0.233. The van der Waals surface area contributed by atoms with Crippen LogP contribution < -0.4 is 10.1 Å². The van der Waals surface area contributed by atoms with Crippen molar-refractivity contribution in [2.24, 2.45) is 0 Å². The van der Waals surface area contributed by atoms with Crippen molar-refractivity contribution in [3.05, 3.63) is 124 Å². The third-order valence-corrected chi connectivity index (χ3v) is 10.5. The van der Waals surface area contributed by atoms with Crippen LogP contribution in [0.4, 0.5) is 10.1 Å². The Bertz CT molecular complexity index is 2910. The zero-order valence-electron chi connectivity index (χ0n) is 31.3. The molecule has 14 heteroatoms. The summed E-state index contributed by atoms with van der Waals surface area (Å²) in [4.78, 5) is 13.1. The van der Waals surface area contributed by atoms with Crippen LogP contribution >= 0.6 is 0 Å². The van der Waals surface area contributed by atoms with Gasteiger partial charge in [-0.1, -0.05) is 0 Å². The molecule has 0 bridgehead atoms. The van der Waals surface area contributed by atoms with E-state index in [4.69, 9.17) is 23.8 Å². The number of ether oxygens (including phenoxy) is 1. The molecular formula is C43H35FN10O3. The van der Waals surface area contributed by atoms with Crippen molar-refractivity contribution in [2.45, 2.75) is 65.0 Å². The third-order valence-electron chi connectivity index (χ3n) is 10.5. The topological polar surface area (TPSA) is 191 Å². The molecule has 2 unspecified atom stereocenters. The number of rotatable bonds is 6. The molecule has 282 valence electrons. The first-order chi connectivity index (χ1) is 27.7. The predicted octanol–water partition coefficient (Wildman–Crippen LogP) is 9.19. The number of pyridine rings is 1. The molecule has 13 nitrogen and oxygen atoms in total. The summed E-state index contributed by atoms with van der Waals surface area (Å²) in [5.74, 6) is 2.56. The number of H-pyrrole nitrogens is 2. The molecule has 5 heterocycles. The SMILES string of the molecule is Cc1ncc(-c2n[nH]c3ccc(NC4CCCc5cc(C#N)c(C)nc54)cc23)o1.Cc1ncc(-c2n[nH]c3ccc(OC4CCc5cc(C#N)c(F)cc54)cc23)o1. The zero-order chi connectivity index (χ0) is 39.2. The van der Waals surface area contributed by atoms with Gasteiger partial charge in [-0.25, -0.2) is 14.4 Å². The molecule has 3 N–H and O–H groups in total. The van der Waals surface area contributed by atoms with Crippen LogP contribution in [0.2, 0.25) is 0 Å². The fourth-order valence-electron chi connectivity index (χ4n) is 7.71. The molecule has 0 aliphatic heterocycles. The molecule has 0 amide bonds. The van der Waals surface area contributed by atoms with Crippen LogP contribution in [0.25, 0.3) is 44.7 Å². The molecule has 0 fully saturated rings. The van der Waals surface area contributed by atoms with Crippen molar-refractivity contribution in [1.29, 1.82) is 10.5 Å². The number of halogens is 1. The smallest absolute Gasteiger partial charge is 0.191 e. The number of aryl methyl sites for hydroxylation is 5. The van der Waals surface area contributed by atoms with Gasteiger partial charge in [-0.05, 0) is 110 Å². The Morgan fingerprint density at radius 2 is 1.46 bits per heavy atom. The fourth-order valence-corrected chi connectivity index (χ4v) is 7.71. The molecule has 0 saturated heterocycles. The lowest BCUT2D eigenvalue weighted by atomic mass is 9.90. The number of oxazole rings is 2. The van der Waals surface area contributed by atoms with Crippen LogP contribution in [-0.4, -0.2) is 35.3 Å². The van der Waals surface area contributed by atoms with Crippen LogP contribution in [0.5, 0.6) is 5.75 Å². The second-order valence-corrected chi connectivity index (χ2v) is 14.3. The van der Waals surface area contributed by atoms with Gasteiger partial charge in [0.25, 0.3) is 0 Å². The molecule has 8 aromatic rings. The first-order valence-electron chi connectivity index (χ1n) is 18.6. The summed E-state index contributed by atoms with van der Waals surface area (Å²) >= 11 is 0. The summed E-state index contributed by atoms with van der Waals surface area (Å²) in [6.07, 6.45) is 7.61. The number of hydrogen-bond acceptors (Lipinski definition) is 11. The van der Waals surface area contributed by atoms with Crippen LogP contribution in [0, 0.1) is 49.3 Å². The van der Waals surface area contributed by atoms with E-state index in [9.17, 15) is 9.65 Å². The first-order valence-corrected chi connectivity index (χ1v) is 18.6. The van der Waals surface area contributed by atoms with E-state index in [1.165, 1.54) is 6.07 Å². The van der Waals surface area contributed by atoms with Gasteiger partial charge in [0.2, 0.25) is 0 Å². The standard InChI is InChI=1S/C22H20N6O.C21H15FN4O2/c1-12-15(10-23)8-14-4-3-5-19(21(14)25-12)26-16-6-7-18-17(9-16)22(28-27-18)20-11-24-13(2)29-20;1-11-24-10-20(27-11)21-16-7-14(3-4-18(16)25-26-21)28-19-5-2-12-6-13(9-23)17(22)8-15(12)19/h6-9,11,19,26H,3-5H2,1-2H3,(H,27,28);3-4,6-8,10,19H,2,5H2,1H3,(H,25,26). The van der Waals surface area contributed by atoms with Crippen molar-refractivity contribution in [3.63, 3.8) is 0 Å². The number of aromatic amines is 2. The van der Waals surface area contributed by atoms with E-state index in [0.717, 1.165) is 93.4 Å². The molecule has 5 aromatic heterocycles.